The lowest BCUT2D eigenvalue weighted by Crippen LogP contribution is -2.11. The number of carbonyl (C=O) groups excluding carboxylic acids is 1. The number of carbonyl (C=O) groups is 1. The fraction of sp³-hybridized carbons (Fsp3) is 0. The molecular formula is C17H14N2O. The highest BCUT2D eigenvalue weighted by atomic mass is 16.1. The monoisotopic (exact) mass is 262 g/mol. The molecule has 0 aliphatic rings. The van der Waals surface area contributed by atoms with E-state index in [0.29, 0.717) is 11.3 Å². The van der Waals surface area contributed by atoms with Gasteiger partial charge in [0.15, 0.2) is 0 Å². The molecule has 0 saturated heterocycles. The highest BCUT2D eigenvalue weighted by Gasteiger charge is 2.06. The Labute approximate surface area is 117 Å². The number of nitrogens with one attached hydrogen (secondary N) is 1. The summed E-state index contributed by atoms with van der Waals surface area (Å²) < 4.78 is 0. The summed E-state index contributed by atoms with van der Waals surface area (Å²) in [6.07, 6.45) is 0. The summed E-state index contributed by atoms with van der Waals surface area (Å²) in [4.78, 5) is 12.1. The van der Waals surface area contributed by atoms with Crippen molar-refractivity contribution in [2.75, 3.05) is 11.1 Å². The Morgan fingerprint density at radius 3 is 2.45 bits per heavy atom. The van der Waals surface area contributed by atoms with E-state index in [0.717, 1.165) is 16.5 Å². The molecule has 0 atom stereocenters. The van der Waals surface area contributed by atoms with Gasteiger partial charge in [0, 0.05) is 16.9 Å². The fourth-order valence-corrected chi connectivity index (χ4v) is 2.15. The van der Waals surface area contributed by atoms with Crippen molar-refractivity contribution in [2.24, 2.45) is 0 Å². The topological polar surface area (TPSA) is 55.1 Å². The van der Waals surface area contributed by atoms with Crippen LogP contribution in [-0.2, 0) is 0 Å². The van der Waals surface area contributed by atoms with E-state index < -0.39 is 0 Å². The van der Waals surface area contributed by atoms with Crippen LogP contribution in [0.2, 0.25) is 0 Å². The van der Waals surface area contributed by atoms with Crippen LogP contribution in [0.25, 0.3) is 10.8 Å². The summed E-state index contributed by atoms with van der Waals surface area (Å²) in [6, 6.07) is 20.8. The number of nitrogens with two attached hydrogens (primary N) is 1. The molecule has 0 aromatic heterocycles. The van der Waals surface area contributed by atoms with Gasteiger partial charge in [-0.05, 0) is 41.1 Å². The maximum absolute atomic E-state index is 12.1. The second kappa shape index (κ2) is 5.05. The standard InChI is InChI=1S/C17H14N2O/c18-15-7-3-6-14(10-15)17(20)19-16-9-8-12-4-1-2-5-13(12)11-16/h1-11H,18H2,(H,19,20). The molecule has 0 heterocycles. The van der Waals surface area contributed by atoms with Gasteiger partial charge in [0.05, 0.1) is 0 Å². The van der Waals surface area contributed by atoms with Gasteiger partial charge in [-0.3, -0.25) is 4.79 Å². The minimum atomic E-state index is -0.160. The second-order valence-electron chi connectivity index (χ2n) is 4.64. The van der Waals surface area contributed by atoms with E-state index in [2.05, 4.69) is 5.32 Å². The Hall–Kier alpha value is -2.81. The van der Waals surface area contributed by atoms with Gasteiger partial charge >= 0.3 is 0 Å². The predicted octanol–water partition coefficient (Wildman–Crippen LogP) is 3.67. The van der Waals surface area contributed by atoms with Crippen molar-refractivity contribution >= 4 is 28.1 Å². The Kier molecular flexibility index (Phi) is 3.09. The quantitative estimate of drug-likeness (QED) is 0.692. The Bertz CT molecular complexity index is 781. The Balaban J connectivity index is 1.87. The number of amides is 1. The largest absolute Gasteiger partial charge is 0.399 e. The number of benzene rings is 3. The summed E-state index contributed by atoms with van der Waals surface area (Å²) in [5, 5.41) is 5.13. The normalized spacial score (nSPS) is 10.4. The van der Waals surface area contributed by atoms with E-state index in [1.165, 1.54) is 0 Å². The number of fused-ring (bicyclic) bond motifs is 1. The van der Waals surface area contributed by atoms with Gasteiger partial charge in [-0.2, -0.15) is 0 Å². The molecule has 3 nitrogen and oxygen atoms in total. The number of nitrogen functional groups attached to an aromatic ring is 1. The molecule has 3 aromatic carbocycles. The zero-order chi connectivity index (χ0) is 13.9. The summed E-state index contributed by atoms with van der Waals surface area (Å²) in [7, 11) is 0. The minimum absolute atomic E-state index is 0.160. The summed E-state index contributed by atoms with van der Waals surface area (Å²) in [5.41, 5.74) is 7.59. The molecule has 0 spiro atoms. The second-order valence-corrected chi connectivity index (χ2v) is 4.64. The lowest BCUT2D eigenvalue weighted by atomic mass is 10.1. The van der Waals surface area contributed by atoms with E-state index >= 15 is 0 Å². The SMILES string of the molecule is Nc1cccc(C(=O)Nc2ccc3ccccc3c2)c1. The molecule has 20 heavy (non-hydrogen) atoms. The molecule has 0 bridgehead atoms. The molecule has 1 amide bonds. The zero-order valence-corrected chi connectivity index (χ0v) is 10.8. The van der Waals surface area contributed by atoms with Gasteiger partial charge in [0.2, 0.25) is 0 Å². The molecule has 3 heteroatoms. The molecular weight excluding hydrogens is 248 g/mol. The van der Waals surface area contributed by atoms with E-state index in [9.17, 15) is 4.79 Å². The van der Waals surface area contributed by atoms with Crippen LogP contribution < -0.4 is 11.1 Å². The first kappa shape index (κ1) is 12.2. The Morgan fingerprint density at radius 2 is 1.65 bits per heavy atom. The van der Waals surface area contributed by atoms with Crippen LogP contribution in [0.3, 0.4) is 0 Å². The number of anilines is 2. The van der Waals surface area contributed by atoms with Gasteiger partial charge < -0.3 is 11.1 Å². The van der Waals surface area contributed by atoms with Crippen LogP contribution >= 0.6 is 0 Å². The van der Waals surface area contributed by atoms with Crippen molar-refractivity contribution in [3.05, 3.63) is 72.3 Å². The third kappa shape index (κ3) is 2.47. The summed E-state index contributed by atoms with van der Waals surface area (Å²) in [5.74, 6) is -0.160. The molecule has 3 N–H and O–H groups in total. The van der Waals surface area contributed by atoms with Crippen LogP contribution in [0.1, 0.15) is 10.4 Å². The van der Waals surface area contributed by atoms with Crippen LogP contribution in [0, 0.1) is 0 Å². The van der Waals surface area contributed by atoms with E-state index in [-0.39, 0.29) is 5.91 Å². The molecule has 0 fully saturated rings. The predicted molar refractivity (Wildman–Crippen MR) is 82.8 cm³/mol. The highest BCUT2D eigenvalue weighted by Crippen LogP contribution is 2.19. The van der Waals surface area contributed by atoms with Crippen LogP contribution in [0.4, 0.5) is 11.4 Å². The number of hydrogen-bond donors (Lipinski definition) is 2. The lowest BCUT2D eigenvalue weighted by molar-refractivity contribution is 0.102. The first-order valence-electron chi connectivity index (χ1n) is 6.38. The van der Waals surface area contributed by atoms with Gasteiger partial charge in [0.25, 0.3) is 5.91 Å². The third-order valence-electron chi connectivity index (χ3n) is 3.16. The molecule has 3 aromatic rings. The molecule has 0 aliphatic carbocycles. The average molecular weight is 262 g/mol. The van der Waals surface area contributed by atoms with E-state index in [1.807, 2.05) is 42.5 Å². The van der Waals surface area contributed by atoms with E-state index in [4.69, 9.17) is 5.73 Å². The molecule has 98 valence electrons. The molecule has 0 saturated carbocycles. The fourth-order valence-electron chi connectivity index (χ4n) is 2.15. The van der Waals surface area contributed by atoms with Crippen LogP contribution in [0.5, 0.6) is 0 Å². The maximum atomic E-state index is 12.1. The van der Waals surface area contributed by atoms with Gasteiger partial charge in [-0.1, -0.05) is 36.4 Å². The molecule has 3 rings (SSSR count). The average Bonchev–Trinajstić information content (AvgIpc) is 2.47. The number of hydrogen-bond acceptors (Lipinski definition) is 2. The Morgan fingerprint density at radius 1 is 0.850 bits per heavy atom. The first-order valence-corrected chi connectivity index (χ1v) is 6.38. The highest BCUT2D eigenvalue weighted by molar-refractivity contribution is 6.05. The first-order chi connectivity index (χ1) is 9.72. The van der Waals surface area contributed by atoms with Crippen molar-refractivity contribution < 1.29 is 4.79 Å². The minimum Gasteiger partial charge on any atom is -0.399 e. The van der Waals surface area contributed by atoms with Crippen molar-refractivity contribution in [3.63, 3.8) is 0 Å². The van der Waals surface area contributed by atoms with Gasteiger partial charge in [-0.15, -0.1) is 0 Å². The van der Waals surface area contributed by atoms with Crippen molar-refractivity contribution in [3.8, 4) is 0 Å². The summed E-state index contributed by atoms with van der Waals surface area (Å²) in [6.45, 7) is 0. The van der Waals surface area contributed by atoms with Crippen LogP contribution in [0.15, 0.2) is 66.7 Å². The summed E-state index contributed by atoms with van der Waals surface area (Å²) >= 11 is 0. The van der Waals surface area contributed by atoms with Gasteiger partial charge in [0.1, 0.15) is 0 Å². The molecule has 0 radical (unpaired) electrons. The zero-order valence-electron chi connectivity index (χ0n) is 10.8. The number of rotatable bonds is 2. The third-order valence-corrected chi connectivity index (χ3v) is 3.16. The van der Waals surface area contributed by atoms with Crippen LogP contribution in [-0.4, -0.2) is 5.91 Å². The maximum Gasteiger partial charge on any atom is 0.255 e. The van der Waals surface area contributed by atoms with Gasteiger partial charge in [-0.25, -0.2) is 0 Å². The van der Waals surface area contributed by atoms with Crippen molar-refractivity contribution in [2.45, 2.75) is 0 Å². The van der Waals surface area contributed by atoms with Crippen molar-refractivity contribution in [1.82, 2.24) is 0 Å². The van der Waals surface area contributed by atoms with Crippen molar-refractivity contribution in [1.29, 1.82) is 0 Å². The smallest absolute Gasteiger partial charge is 0.255 e. The molecule has 0 aliphatic heterocycles. The molecule has 0 unspecified atom stereocenters. The lowest BCUT2D eigenvalue weighted by Gasteiger charge is -2.07. The van der Waals surface area contributed by atoms with E-state index in [1.54, 1.807) is 24.3 Å².